The highest BCUT2D eigenvalue weighted by Crippen LogP contribution is 2.43. The molecule has 8 rings (SSSR count). The Morgan fingerprint density at radius 2 is 1.79 bits per heavy atom. The average Bonchev–Trinajstić information content (AvgIpc) is 3.73. The maximum Gasteiger partial charge on any atom is 0.262 e. The van der Waals surface area contributed by atoms with E-state index in [9.17, 15) is 20.1 Å². The molecule has 4 aliphatic heterocycles. The molecule has 52 heavy (non-hydrogen) atoms. The van der Waals surface area contributed by atoms with Crippen LogP contribution in [0.25, 0.3) is 0 Å². The maximum absolute atomic E-state index is 12.1. The Labute approximate surface area is 307 Å². The van der Waals surface area contributed by atoms with E-state index in [4.69, 9.17) is 14.2 Å². The molecule has 5 aliphatic rings. The number of hydrogen-bond acceptors (Lipinski definition) is 8. The van der Waals surface area contributed by atoms with Crippen LogP contribution in [-0.4, -0.2) is 84.4 Å². The summed E-state index contributed by atoms with van der Waals surface area (Å²) in [4.78, 5) is 11.7. The van der Waals surface area contributed by atoms with Gasteiger partial charge in [0.05, 0.1) is 44.6 Å². The normalized spacial score (nSPS) is 25.1. The molecule has 1 amide bonds. The molecule has 3 saturated heterocycles. The molecule has 3 aromatic rings. The molecule has 1 aliphatic carbocycles. The van der Waals surface area contributed by atoms with Crippen molar-refractivity contribution in [2.45, 2.75) is 82.1 Å². The predicted octanol–water partition coefficient (Wildman–Crippen LogP) is 5.97. The van der Waals surface area contributed by atoms with Crippen LogP contribution in [0.3, 0.4) is 0 Å². The summed E-state index contributed by atoms with van der Waals surface area (Å²) in [5.41, 5.74) is 1.96. The van der Waals surface area contributed by atoms with Gasteiger partial charge in [0, 0.05) is 49.4 Å². The number of hydrogen-bond donors (Lipinski definition) is 5. The summed E-state index contributed by atoms with van der Waals surface area (Å²) in [5, 5.41) is 39.3. The van der Waals surface area contributed by atoms with E-state index in [0.717, 1.165) is 60.1 Å². The summed E-state index contributed by atoms with van der Waals surface area (Å²) in [6, 6.07) is 21.3. The zero-order chi connectivity index (χ0) is 36.1. The van der Waals surface area contributed by atoms with Crippen LogP contribution in [0.2, 0.25) is 0 Å². The number of phenolic OH excluding ortho intramolecular Hbond substituents is 1. The lowest BCUT2D eigenvalue weighted by atomic mass is 9.80. The Kier molecular flexibility index (Phi) is 11.4. The molecule has 4 fully saturated rings. The van der Waals surface area contributed by atoms with Gasteiger partial charge in [-0.15, -0.1) is 0 Å². The van der Waals surface area contributed by atoms with Gasteiger partial charge in [0.2, 0.25) is 0 Å². The van der Waals surface area contributed by atoms with Crippen molar-refractivity contribution in [1.82, 2.24) is 5.32 Å². The summed E-state index contributed by atoms with van der Waals surface area (Å²) in [6.45, 7) is 7.72. The van der Waals surface area contributed by atoms with Crippen LogP contribution in [0, 0.1) is 11.8 Å². The smallest absolute Gasteiger partial charge is 0.262 e. The van der Waals surface area contributed by atoms with E-state index < -0.39 is 11.7 Å². The van der Waals surface area contributed by atoms with Gasteiger partial charge in [0.15, 0.2) is 6.61 Å². The van der Waals surface area contributed by atoms with Crippen LogP contribution in [0.1, 0.15) is 87.1 Å². The number of nitrogens with one attached hydrogen (secondary N) is 2. The van der Waals surface area contributed by atoms with Gasteiger partial charge in [0.25, 0.3) is 5.91 Å². The Hall–Kier alpha value is -3.67. The van der Waals surface area contributed by atoms with E-state index in [-0.39, 0.29) is 42.9 Å². The number of aliphatic hydroxyl groups is 2. The minimum Gasteiger partial charge on any atom is -0.508 e. The van der Waals surface area contributed by atoms with E-state index in [0.29, 0.717) is 36.1 Å². The highest BCUT2D eigenvalue weighted by Gasteiger charge is 2.48. The largest absolute Gasteiger partial charge is 0.508 e. The van der Waals surface area contributed by atoms with Gasteiger partial charge in [-0.1, -0.05) is 62.2 Å². The topological polar surface area (TPSA) is 130 Å². The first kappa shape index (κ1) is 36.7. The Morgan fingerprint density at radius 3 is 2.52 bits per heavy atom. The number of piperidine rings is 3. The highest BCUT2D eigenvalue weighted by atomic mass is 16.5. The first-order valence-corrected chi connectivity index (χ1v) is 19.4. The van der Waals surface area contributed by atoms with Crippen molar-refractivity contribution in [3.8, 4) is 17.2 Å². The molecule has 10 heteroatoms. The van der Waals surface area contributed by atoms with E-state index in [2.05, 4.69) is 41.8 Å². The molecular formula is C42H56N3O7+. The molecule has 5 N–H and O–H groups in total. The molecule has 3 aromatic carbocycles. The Balaban J connectivity index is 0.881. The second-order valence-corrected chi connectivity index (χ2v) is 15.6. The zero-order valence-electron chi connectivity index (χ0n) is 30.5. The summed E-state index contributed by atoms with van der Waals surface area (Å²) >= 11 is 0. The van der Waals surface area contributed by atoms with Gasteiger partial charge >= 0.3 is 0 Å². The Morgan fingerprint density at radius 1 is 1.04 bits per heavy atom. The van der Waals surface area contributed by atoms with Crippen molar-refractivity contribution in [2.75, 3.05) is 57.9 Å². The van der Waals surface area contributed by atoms with Crippen LogP contribution < -0.4 is 20.1 Å². The van der Waals surface area contributed by atoms with Crippen molar-refractivity contribution >= 4 is 11.6 Å². The molecule has 4 atom stereocenters. The fourth-order valence-electron chi connectivity index (χ4n) is 9.23. The number of aliphatic hydroxyl groups excluding tert-OH is 1. The van der Waals surface area contributed by atoms with Gasteiger partial charge in [-0.3, -0.25) is 4.79 Å². The first-order valence-electron chi connectivity index (χ1n) is 19.4. The number of rotatable bonds is 16. The fraction of sp³-hybridized carbons (Fsp3) is 0.548. The van der Waals surface area contributed by atoms with Crippen molar-refractivity contribution in [2.24, 2.45) is 11.8 Å². The second kappa shape index (κ2) is 16.1. The molecule has 0 unspecified atom stereocenters. The third-order valence-corrected chi connectivity index (χ3v) is 12.2. The number of benzene rings is 3. The molecule has 1 saturated carbocycles. The number of anilines is 1. The van der Waals surface area contributed by atoms with Crippen molar-refractivity contribution < 1.29 is 38.8 Å². The number of ether oxygens (including phenoxy) is 3. The molecule has 0 aromatic heterocycles. The third kappa shape index (κ3) is 8.11. The van der Waals surface area contributed by atoms with Gasteiger partial charge < -0.3 is 44.6 Å². The molecule has 280 valence electrons. The lowest BCUT2D eigenvalue weighted by molar-refractivity contribution is -0.946. The zero-order valence-corrected chi connectivity index (χ0v) is 30.5. The van der Waals surface area contributed by atoms with E-state index >= 15 is 0 Å². The predicted molar refractivity (Wildman–Crippen MR) is 199 cm³/mol. The van der Waals surface area contributed by atoms with Crippen LogP contribution in [0.15, 0.2) is 66.7 Å². The van der Waals surface area contributed by atoms with E-state index in [1.807, 2.05) is 30.3 Å². The van der Waals surface area contributed by atoms with Gasteiger partial charge in [-0.05, 0) is 54.5 Å². The van der Waals surface area contributed by atoms with Crippen LogP contribution in [0.5, 0.6) is 17.2 Å². The quantitative estimate of drug-likeness (QED) is 0.0908. The molecule has 4 heterocycles. The summed E-state index contributed by atoms with van der Waals surface area (Å²) < 4.78 is 19.6. The SMILES string of the molecule is CC[C@@H](NC[C@H](O)c1cc(O)cc2c1OCC(=O)N2)c1ccc(OCCC[N+]23CCC(CC2)[C@@H](OC[C@@](O)(c2ccccc2)C2CCCC2)C3)cc1. The number of nitrogens with zero attached hydrogens (tertiary/aromatic N) is 1. The van der Waals surface area contributed by atoms with E-state index in [1.54, 1.807) is 0 Å². The summed E-state index contributed by atoms with van der Waals surface area (Å²) in [5.74, 6) is 1.72. The van der Waals surface area contributed by atoms with Gasteiger partial charge in [-0.2, -0.15) is 0 Å². The number of amides is 1. The van der Waals surface area contributed by atoms with Gasteiger partial charge in [-0.25, -0.2) is 0 Å². The third-order valence-electron chi connectivity index (χ3n) is 12.2. The summed E-state index contributed by atoms with van der Waals surface area (Å²) in [6.07, 6.45) is 7.90. The lowest BCUT2D eigenvalue weighted by Crippen LogP contribution is -2.65. The minimum atomic E-state index is -0.944. The van der Waals surface area contributed by atoms with Gasteiger partial charge in [0.1, 0.15) is 35.5 Å². The van der Waals surface area contributed by atoms with Crippen molar-refractivity contribution in [1.29, 1.82) is 0 Å². The lowest BCUT2D eigenvalue weighted by Gasteiger charge is -2.53. The molecule has 0 spiro atoms. The van der Waals surface area contributed by atoms with Crippen molar-refractivity contribution in [3.05, 3.63) is 83.4 Å². The number of carbonyl (C=O) groups is 1. The number of aromatic hydroxyl groups is 1. The van der Waals surface area contributed by atoms with Crippen LogP contribution in [0.4, 0.5) is 5.69 Å². The van der Waals surface area contributed by atoms with Crippen molar-refractivity contribution in [3.63, 3.8) is 0 Å². The fourth-order valence-corrected chi connectivity index (χ4v) is 9.23. The molecule has 2 bridgehead atoms. The average molecular weight is 715 g/mol. The van der Waals surface area contributed by atoms with Crippen LogP contribution >= 0.6 is 0 Å². The molecule has 0 radical (unpaired) electrons. The number of fused-ring (bicyclic) bond motifs is 4. The maximum atomic E-state index is 12.1. The number of quaternary nitrogens is 1. The number of carbonyl (C=O) groups excluding carboxylic acids is 1. The highest BCUT2D eigenvalue weighted by molar-refractivity contribution is 5.96. The van der Waals surface area contributed by atoms with E-state index in [1.165, 1.54) is 50.9 Å². The standard InChI is InChI=1S/C42H55N3O7/c1-2-36(43-25-38(47)35-23-33(46)24-37-41(35)51-27-40(48)44-37)29-13-15-34(16-14-29)50-22-8-19-45-20-17-30(18-21-45)39(26-45)52-28-42(49,32-11-6-7-12-32)31-9-4-3-5-10-31/h3-5,9-10,13-16,23-24,30,32,36,38-39,43,47,49H,2,6-8,11-12,17-22,25-28H2,1H3,(H-,44,46,48)/p+1/t30?,36-,38+,39+,42-,45?/m1/s1. The number of phenols is 1. The van der Waals surface area contributed by atoms with Crippen LogP contribution in [-0.2, 0) is 15.1 Å². The summed E-state index contributed by atoms with van der Waals surface area (Å²) in [7, 11) is 0. The minimum absolute atomic E-state index is 0.00676. The second-order valence-electron chi connectivity index (χ2n) is 15.6. The Bertz CT molecular complexity index is 1640. The molecule has 10 nitrogen and oxygen atoms in total. The monoisotopic (exact) mass is 714 g/mol. The first-order chi connectivity index (χ1) is 25.2. The molecular weight excluding hydrogens is 658 g/mol.